The Morgan fingerprint density at radius 2 is 1.84 bits per heavy atom. The van der Waals surface area contributed by atoms with Crippen LogP contribution >= 0.6 is 0 Å². The summed E-state index contributed by atoms with van der Waals surface area (Å²) in [6.45, 7) is 2.32. The van der Waals surface area contributed by atoms with Crippen molar-refractivity contribution < 1.29 is 14.0 Å². The van der Waals surface area contributed by atoms with E-state index in [0.717, 1.165) is 31.2 Å². The standard InChI is InChI=1S/C19H24FN3O2/c20-15-4-2-14(3-5-15)12-22-10-1-6-18(16(22)24)9-11-23(13-18)17(25)19(21)7-8-19/h2-5H,1,6-13,21H2. The molecule has 0 bridgehead atoms. The molecular formula is C19H24FN3O2. The first kappa shape index (κ1) is 16.5. The van der Waals surface area contributed by atoms with Crippen LogP contribution in [0.2, 0.25) is 0 Å². The molecule has 3 aliphatic rings. The lowest BCUT2D eigenvalue weighted by molar-refractivity contribution is -0.147. The van der Waals surface area contributed by atoms with Gasteiger partial charge in [0.05, 0.1) is 11.0 Å². The molecule has 2 aliphatic heterocycles. The van der Waals surface area contributed by atoms with Gasteiger partial charge >= 0.3 is 0 Å². The molecule has 3 fully saturated rings. The van der Waals surface area contributed by atoms with Crippen molar-refractivity contribution in [1.29, 1.82) is 0 Å². The zero-order chi connectivity index (χ0) is 17.7. The summed E-state index contributed by atoms with van der Waals surface area (Å²) in [4.78, 5) is 29.3. The van der Waals surface area contributed by atoms with E-state index in [-0.39, 0.29) is 17.6 Å². The number of hydrogen-bond acceptors (Lipinski definition) is 3. The molecule has 1 saturated carbocycles. The highest BCUT2D eigenvalue weighted by Crippen LogP contribution is 2.43. The van der Waals surface area contributed by atoms with Crippen LogP contribution in [0.5, 0.6) is 0 Å². The van der Waals surface area contributed by atoms with Crippen LogP contribution in [0.1, 0.15) is 37.7 Å². The number of likely N-dealkylation sites (tertiary alicyclic amines) is 2. The van der Waals surface area contributed by atoms with Gasteiger partial charge in [0.25, 0.3) is 0 Å². The molecule has 25 heavy (non-hydrogen) atoms. The maximum atomic E-state index is 13.1. The lowest BCUT2D eigenvalue weighted by Crippen LogP contribution is -2.51. The second-order valence-electron chi connectivity index (χ2n) is 7.87. The van der Waals surface area contributed by atoms with Crippen molar-refractivity contribution in [3.8, 4) is 0 Å². The summed E-state index contributed by atoms with van der Waals surface area (Å²) in [5.74, 6) is -0.140. The first-order valence-electron chi connectivity index (χ1n) is 9.04. The smallest absolute Gasteiger partial charge is 0.242 e. The molecule has 1 aromatic carbocycles. The van der Waals surface area contributed by atoms with Crippen molar-refractivity contribution in [2.45, 2.75) is 44.2 Å². The van der Waals surface area contributed by atoms with Gasteiger partial charge in [-0.1, -0.05) is 12.1 Å². The average Bonchev–Trinajstić information content (AvgIpc) is 3.21. The fourth-order valence-electron chi connectivity index (χ4n) is 4.20. The number of carbonyl (C=O) groups excluding carboxylic acids is 2. The van der Waals surface area contributed by atoms with Gasteiger partial charge in [-0.2, -0.15) is 0 Å². The van der Waals surface area contributed by atoms with Gasteiger partial charge in [-0.25, -0.2) is 4.39 Å². The lowest BCUT2D eigenvalue weighted by Gasteiger charge is -2.39. The van der Waals surface area contributed by atoms with Crippen LogP contribution in [0.15, 0.2) is 24.3 Å². The predicted molar refractivity (Wildman–Crippen MR) is 90.8 cm³/mol. The molecule has 2 saturated heterocycles. The van der Waals surface area contributed by atoms with E-state index in [2.05, 4.69) is 0 Å². The Morgan fingerprint density at radius 1 is 1.12 bits per heavy atom. The zero-order valence-electron chi connectivity index (χ0n) is 14.3. The first-order chi connectivity index (χ1) is 11.9. The monoisotopic (exact) mass is 345 g/mol. The Kier molecular flexibility index (Phi) is 3.83. The van der Waals surface area contributed by atoms with Crippen LogP contribution < -0.4 is 5.73 Å². The molecule has 6 heteroatoms. The Morgan fingerprint density at radius 3 is 2.52 bits per heavy atom. The molecule has 4 rings (SSSR count). The molecule has 1 aliphatic carbocycles. The summed E-state index contributed by atoms with van der Waals surface area (Å²) in [6, 6.07) is 6.29. The van der Waals surface area contributed by atoms with E-state index >= 15 is 0 Å². The highest BCUT2D eigenvalue weighted by atomic mass is 19.1. The van der Waals surface area contributed by atoms with Crippen molar-refractivity contribution in [3.63, 3.8) is 0 Å². The summed E-state index contributed by atoms with van der Waals surface area (Å²) < 4.78 is 13.1. The number of halogens is 1. The number of nitrogens with zero attached hydrogens (tertiary/aromatic N) is 2. The Hall–Kier alpha value is -1.95. The van der Waals surface area contributed by atoms with Crippen molar-refractivity contribution in [2.24, 2.45) is 11.1 Å². The molecule has 5 nitrogen and oxygen atoms in total. The molecule has 2 N–H and O–H groups in total. The zero-order valence-corrected chi connectivity index (χ0v) is 14.3. The quantitative estimate of drug-likeness (QED) is 0.906. The van der Waals surface area contributed by atoms with Gasteiger partial charge in [-0.15, -0.1) is 0 Å². The average molecular weight is 345 g/mol. The minimum atomic E-state index is -0.670. The van der Waals surface area contributed by atoms with Crippen LogP contribution in [0, 0.1) is 11.2 Å². The third kappa shape index (κ3) is 2.92. The van der Waals surface area contributed by atoms with Gasteiger partial charge in [0.15, 0.2) is 0 Å². The molecule has 1 atom stereocenters. The van der Waals surface area contributed by atoms with Gasteiger partial charge in [0.1, 0.15) is 5.82 Å². The normalized spacial score (nSPS) is 27.8. The fraction of sp³-hybridized carbons (Fsp3) is 0.579. The van der Waals surface area contributed by atoms with Crippen LogP contribution in [0.3, 0.4) is 0 Å². The second kappa shape index (κ2) is 5.80. The summed E-state index contributed by atoms with van der Waals surface area (Å²) >= 11 is 0. The Balaban J connectivity index is 1.46. The predicted octanol–water partition coefficient (Wildman–Crippen LogP) is 1.66. The number of rotatable bonds is 3. The summed E-state index contributed by atoms with van der Waals surface area (Å²) in [6.07, 6.45) is 3.98. The van der Waals surface area contributed by atoms with Crippen LogP contribution in [0.25, 0.3) is 0 Å². The van der Waals surface area contributed by atoms with E-state index in [1.165, 1.54) is 12.1 Å². The summed E-state index contributed by atoms with van der Waals surface area (Å²) in [5, 5.41) is 0. The topological polar surface area (TPSA) is 66.6 Å². The molecule has 134 valence electrons. The molecule has 1 aromatic rings. The van der Waals surface area contributed by atoms with Gasteiger partial charge in [0.2, 0.25) is 11.8 Å². The van der Waals surface area contributed by atoms with E-state index in [0.29, 0.717) is 32.6 Å². The van der Waals surface area contributed by atoms with E-state index in [9.17, 15) is 14.0 Å². The van der Waals surface area contributed by atoms with E-state index in [1.807, 2.05) is 4.90 Å². The molecule has 2 heterocycles. The van der Waals surface area contributed by atoms with Gasteiger partial charge < -0.3 is 15.5 Å². The fourth-order valence-corrected chi connectivity index (χ4v) is 4.20. The summed E-state index contributed by atoms with van der Waals surface area (Å²) in [5.41, 5.74) is 5.85. The van der Waals surface area contributed by atoms with Crippen molar-refractivity contribution in [2.75, 3.05) is 19.6 Å². The molecule has 0 radical (unpaired) electrons. The highest BCUT2D eigenvalue weighted by molar-refractivity contribution is 5.91. The number of piperidine rings is 1. The lowest BCUT2D eigenvalue weighted by atomic mass is 9.78. The minimum absolute atomic E-state index is 0.00725. The first-order valence-corrected chi connectivity index (χ1v) is 9.04. The Bertz CT molecular complexity index is 701. The van der Waals surface area contributed by atoms with Crippen LogP contribution in [0.4, 0.5) is 4.39 Å². The van der Waals surface area contributed by atoms with Crippen LogP contribution in [-0.2, 0) is 16.1 Å². The highest BCUT2D eigenvalue weighted by Gasteiger charge is 2.54. The number of hydrogen-bond donors (Lipinski definition) is 1. The largest absolute Gasteiger partial charge is 0.340 e. The number of benzene rings is 1. The molecular weight excluding hydrogens is 321 g/mol. The molecule has 0 aromatic heterocycles. The van der Waals surface area contributed by atoms with E-state index in [4.69, 9.17) is 5.73 Å². The molecule has 1 spiro atoms. The minimum Gasteiger partial charge on any atom is -0.340 e. The number of amides is 2. The van der Waals surface area contributed by atoms with Crippen LogP contribution in [-0.4, -0.2) is 46.8 Å². The Labute approximate surface area is 147 Å². The van der Waals surface area contributed by atoms with Gasteiger partial charge in [0, 0.05) is 26.2 Å². The summed E-state index contributed by atoms with van der Waals surface area (Å²) in [7, 11) is 0. The second-order valence-corrected chi connectivity index (χ2v) is 7.87. The molecule has 1 unspecified atom stereocenters. The van der Waals surface area contributed by atoms with E-state index in [1.54, 1.807) is 17.0 Å². The van der Waals surface area contributed by atoms with Crippen molar-refractivity contribution >= 4 is 11.8 Å². The van der Waals surface area contributed by atoms with E-state index < -0.39 is 11.0 Å². The SMILES string of the molecule is NC1(C(=O)N2CCC3(CCCN(Cc4ccc(F)cc4)C3=O)C2)CC1. The maximum Gasteiger partial charge on any atom is 0.242 e. The third-order valence-corrected chi connectivity index (χ3v) is 5.97. The molecule has 2 amide bonds. The number of carbonyl (C=O) groups is 2. The van der Waals surface area contributed by atoms with Crippen molar-refractivity contribution in [1.82, 2.24) is 9.80 Å². The maximum absolute atomic E-state index is 13.1. The van der Waals surface area contributed by atoms with Crippen molar-refractivity contribution in [3.05, 3.63) is 35.6 Å². The number of nitrogens with two attached hydrogens (primary N) is 1. The van der Waals surface area contributed by atoms with Gasteiger partial charge in [-0.05, 0) is 49.8 Å². The third-order valence-electron chi connectivity index (χ3n) is 5.97. The van der Waals surface area contributed by atoms with Gasteiger partial charge in [-0.3, -0.25) is 9.59 Å².